The van der Waals surface area contributed by atoms with Crippen molar-refractivity contribution in [3.05, 3.63) is 35.9 Å². The van der Waals surface area contributed by atoms with Crippen molar-refractivity contribution < 1.29 is 4.79 Å². The molecule has 2 aromatic rings. The van der Waals surface area contributed by atoms with Crippen molar-refractivity contribution in [1.29, 1.82) is 0 Å². The molecule has 1 aliphatic heterocycles. The minimum Gasteiger partial charge on any atom is -0.312 e. The maximum Gasteiger partial charge on any atom is 0.227 e. The number of anilines is 1. The van der Waals surface area contributed by atoms with Gasteiger partial charge in [0.05, 0.1) is 10.7 Å². The highest BCUT2D eigenvalue weighted by atomic mass is 35.5. The summed E-state index contributed by atoms with van der Waals surface area (Å²) in [6, 6.07) is 5.51. The Bertz CT molecular complexity index is 631. The van der Waals surface area contributed by atoms with Crippen molar-refractivity contribution in [3.8, 4) is 5.69 Å². The van der Waals surface area contributed by atoms with Gasteiger partial charge in [-0.3, -0.25) is 4.79 Å². The first-order valence-electron chi connectivity index (χ1n) is 6.25. The summed E-state index contributed by atoms with van der Waals surface area (Å²) in [4.78, 5) is 17.6. The second kappa shape index (κ2) is 5.46. The Hall–Kier alpha value is -1.53. The highest BCUT2D eigenvalue weighted by molar-refractivity contribution is 7.80. The standard InChI is InChI=1S/C13H13ClN4OS/c14-11-4-10(17-5-9(6-20)3-13(17)19)1-2-12(11)18-8-15-7-16-18/h1-2,4,7-9,20H,3,5-6H2. The number of rotatable bonds is 3. The molecule has 7 heteroatoms. The molecule has 104 valence electrons. The van der Waals surface area contributed by atoms with Gasteiger partial charge in [-0.05, 0) is 29.9 Å². The average molecular weight is 309 g/mol. The van der Waals surface area contributed by atoms with Gasteiger partial charge >= 0.3 is 0 Å². The molecule has 5 nitrogen and oxygen atoms in total. The van der Waals surface area contributed by atoms with Gasteiger partial charge in [0.2, 0.25) is 5.91 Å². The van der Waals surface area contributed by atoms with Crippen molar-refractivity contribution in [2.75, 3.05) is 17.2 Å². The molecule has 0 saturated carbocycles. The predicted octanol–water partition coefficient (Wildman–Crippen LogP) is 2.20. The molecule has 0 bridgehead atoms. The molecular formula is C13H13ClN4OS. The van der Waals surface area contributed by atoms with Gasteiger partial charge in [0.1, 0.15) is 12.7 Å². The van der Waals surface area contributed by atoms with E-state index in [1.54, 1.807) is 22.0 Å². The lowest BCUT2D eigenvalue weighted by Gasteiger charge is -2.17. The third kappa shape index (κ3) is 2.41. The Morgan fingerprint density at radius 3 is 2.90 bits per heavy atom. The van der Waals surface area contributed by atoms with E-state index < -0.39 is 0 Å². The topological polar surface area (TPSA) is 51.0 Å². The molecule has 0 spiro atoms. The molecule has 1 saturated heterocycles. The molecule has 1 aromatic carbocycles. The lowest BCUT2D eigenvalue weighted by molar-refractivity contribution is -0.117. The SMILES string of the molecule is O=C1CC(CS)CN1c1ccc(-n2cncn2)c(Cl)c1. The van der Waals surface area contributed by atoms with E-state index in [1.165, 1.54) is 6.33 Å². The summed E-state index contributed by atoms with van der Waals surface area (Å²) in [6.45, 7) is 0.696. The van der Waals surface area contributed by atoms with Gasteiger partial charge in [0, 0.05) is 18.7 Å². The molecule has 20 heavy (non-hydrogen) atoms. The minimum absolute atomic E-state index is 0.119. The molecule has 1 aromatic heterocycles. The van der Waals surface area contributed by atoms with Crippen molar-refractivity contribution in [2.24, 2.45) is 5.92 Å². The molecule has 0 N–H and O–H groups in total. The normalized spacial score (nSPS) is 18.8. The number of carbonyl (C=O) groups is 1. The van der Waals surface area contributed by atoms with Gasteiger partial charge in [-0.2, -0.15) is 17.7 Å². The summed E-state index contributed by atoms with van der Waals surface area (Å²) in [6.07, 6.45) is 3.58. The predicted molar refractivity (Wildman–Crippen MR) is 80.7 cm³/mol. The summed E-state index contributed by atoms with van der Waals surface area (Å²) in [5.41, 5.74) is 1.55. The van der Waals surface area contributed by atoms with Gasteiger partial charge in [0.15, 0.2) is 0 Å². The highest BCUT2D eigenvalue weighted by Gasteiger charge is 2.29. The first kappa shape index (κ1) is 13.5. The third-order valence-electron chi connectivity index (χ3n) is 3.37. The number of benzene rings is 1. The molecular weight excluding hydrogens is 296 g/mol. The van der Waals surface area contributed by atoms with Crippen molar-refractivity contribution in [3.63, 3.8) is 0 Å². The molecule has 3 rings (SSSR count). The van der Waals surface area contributed by atoms with E-state index in [2.05, 4.69) is 22.7 Å². The number of hydrogen-bond donors (Lipinski definition) is 1. The second-order valence-corrected chi connectivity index (χ2v) is 5.51. The van der Waals surface area contributed by atoms with E-state index >= 15 is 0 Å². The van der Waals surface area contributed by atoms with Crippen LogP contribution in [0.3, 0.4) is 0 Å². The van der Waals surface area contributed by atoms with E-state index in [1.807, 2.05) is 12.1 Å². The first-order chi connectivity index (χ1) is 9.69. The van der Waals surface area contributed by atoms with Crippen LogP contribution in [-0.2, 0) is 4.79 Å². The average Bonchev–Trinajstić information content (AvgIpc) is 3.07. The molecule has 1 atom stereocenters. The zero-order valence-corrected chi connectivity index (χ0v) is 12.3. The van der Waals surface area contributed by atoms with E-state index in [-0.39, 0.29) is 5.91 Å². The summed E-state index contributed by atoms with van der Waals surface area (Å²) in [5.74, 6) is 1.14. The Morgan fingerprint density at radius 1 is 1.45 bits per heavy atom. The molecule has 1 fully saturated rings. The minimum atomic E-state index is 0.119. The zero-order chi connectivity index (χ0) is 14.1. The van der Waals surface area contributed by atoms with Crippen LogP contribution in [0.15, 0.2) is 30.9 Å². The van der Waals surface area contributed by atoms with Crippen LogP contribution in [0.2, 0.25) is 5.02 Å². The van der Waals surface area contributed by atoms with Crippen LogP contribution in [0.4, 0.5) is 5.69 Å². The van der Waals surface area contributed by atoms with Gasteiger partial charge in [-0.15, -0.1) is 0 Å². The largest absolute Gasteiger partial charge is 0.312 e. The number of nitrogens with zero attached hydrogens (tertiary/aromatic N) is 4. The summed E-state index contributed by atoms with van der Waals surface area (Å²) in [7, 11) is 0. The number of aromatic nitrogens is 3. The van der Waals surface area contributed by atoms with Crippen LogP contribution < -0.4 is 4.90 Å². The number of amides is 1. The van der Waals surface area contributed by atoms with Crippen LogP contribution >= 0.6 is 24.2 Å². The van der Waals surface area contributed by atoms with E-state index in [4.69, 9.17) is 11.6 Å². The Labute approximate surface area is 127 Å². The number of thiol groups is 1. The molecule has 0 aliphatic carbocycles. The smallest absolute Gasteiger partial charge is 0.227 e. The Morgan fingerprint density at radius 2 is 2.30 bits per heavy atom. The van der Waals surface area contributed by atoms with Gasteiger partial charge < -0.3 is 4.90 Å². The lowest BCUT2D eigenvalue weighted by atomic mass is 10.1. The summed E-state index contributed by atoms with van der Waals surface area (Å²) in [5, 5.41) is 4.58. The maximum atomic E-state index is 12.0. The number of hydrogen-bond acceptors (Lipinski definition) is 4. The zero-order valence-electron chi connectivity index (χ0n) is 10.6. The van der Waals surface area contributed by atoms with E-state index in [0.717, 1.165) is 11.4 Å². The van der Waals surface area contributed by atoms with Crippen molar-refractivity contribution >= 4 is 35.8 Å². The van der Waals surface area contributed by atoms with Crippen LogP contribution in [0, 0.1) is 5.92 Å². The van der Waals surface area contributed by atoms with Crippen LogP contribution in [0.25, 0.3) is 5.69 Å². The number of halogens is 1. The maximum absolute atomic E-state index is 12.0. The second-order valence-electron chi connectivity index (χ2n) is 4.73. The fraction of sp³-hybridized carbons (Fsp3) is 0.308. The van der Waals surface area contributed by atoms with Crippen LogP contribution in [0.1, 0.15) is 6.42 Å². The quantitative estimate of drug-likeness (QED) is 0.885. The summed E-state index contributed by atoms with van der Waals surface area (Å²) >= 11 is 10.5. The highest BCUT2D eigenvalue weighted by Crippen LogP contribution is 2.30. The van der Waals surface area contributed by atoms with E-state index in [0.29, 0.717) is 29.7 Å². The van der Waals surface area contributed by atoms with Gasteiger partial charge in [0.25, 0.3) is 0 Å². The number of carbonyl (C=O) groups excluding carboxylic acids is 1. The Kier molecular flexibility index (Phi) is 3.67. The molecule has 1 aliphatic rings. The van der Waals surface area contributed by atoms with Crippen LogP contribution in [-0.4, -0.2) is 33.0 Å². The van der Waals surface area contributed by atoms with Crippen LogP contribution in [0.5, 0.6) is 0 Å². The molecule has 1 amide bonds. The summed E-state index contributed by atoms with van der Waals surface area (Å²) < 4.78 is 1.59. The Balaban J connectivity index is 1.89. The monoisotopic (exact) mass is 308 g/mol. The first-order valence-corrected chi connectivity index (χ1v) is 7.26. The molecule has 1 unspecified atom stereocenters. The molecule has 2 heterocycles. The van der Waals surface area contributed by atoms with Gasteiger partial charge in [-0.1, -0.05) is 11.6 Å². The third-order valence-corrected chi connectivity index (χ3v) is 4.19. The fourth-order valence-corrected chi connectivity index (χ4v) is 2.84. The van der Waals surface area contributed by atoms with Crippen molar-refractivity contribution in [1.82, 2.24) is 14.8 Å². The van der Waals surface area contributed by atoms with Gasteiger partial charge in [-0.25, -0.2) is 9.67 Å². The van der Waals surface area contributed by atoms with Crippen molar-refractivity contribution in [2.45, 2.75) is 6.42 Å². The van der Waals surface area contributed by atoms with E-state index in [9.17, 15) is 4.79 Å². The lowest BCUT2D eigenvalue weighted by Crippen LogP contribution is -2.24. The fourth-order valence-electron chi connectivity index (χ4n) is 2.34. The molecule has 0 radical (unpaired) electrons.